The number of anilines is 2. The van der Waals surface area contributed by atoms with Gasteiger partial charge in [0.1, 0.15) is 6.33 Å². The van der Waals surface area contributed by atoms with Crippen LogP contribution in [-0.2, 0) is 13.1 Å². The molecule has 2 heterocycles. The first-order valence-corrected chi connectivity index (χ1v) is 10.8. The van der Waals surface area contributed by atoms with Crippen LogP contribution in [0.25, 0.3) is 0 Å². The zero-order chi connectivity index (χ0) is 21.5. The van der Waals surface area contributed by atoms with Gasteiger partial charge in [0.25, 0.3) is 0 Å². The van der Waals surface area contributed by atoms with Gasteiger partial charge in [0.2, 0.25) is 11.6 Å². The van der Waals surface area contributed by atoms with Crippen LogP contribution >= 0.6 is 0 Å². The molecule has 0 N–H and O–H groups in total. The van der Waals surface area contributed by atoms with Crippen molar-refractivity contribution in [1.29, 1.82) is 0 Å². The fourth-order valence-corrected chi connectivity index (χ4v) is 4.08. The van der Waals surface area contributed by atoms with Crippen molar-refractivity contribution in [3.8, 4) is 0 Å². The van der Waals surface area contributed by atoms with E-state index in [0.717, 1.165) is 49.9 Å². The monoisotopic (exact) mass is 417 g/mol. The van der Waals surface area contributed by atoms with Crippen molar-refractivity contribution in [2.24, 2.45) is 0 Å². The highest BCUT2D eigenvalue weighted by Gasteiger charge is 2.30. The summed E-state index contributed by atoms with van der Waals surface area (Å²) in [4.78, 5) is 24.8. The summed E-state index contributed by atoms with van der Waals surface area (Å²) in [6.45, 7) is 2.61. The summed E-state index contributed by atoms with van der Waals surface area (Å²) in [7, 11) is 0. The first-order chi connectivity index (χ1) is 15.2. The lowest BCUT2D eigenvalue weighted by molar-refractivity contribution is -0.383. The Hall–Kier alpha value is -3.48. The van der Waals surface area contributed by atoms with E-state index in [1.807, 2.05) is 65.6 Å². The average molecular weight is 418 g/mol. The topological polar surface area (TPSA) is 75.4 Å². The van der Waals surface area contributed by atoms with Crippen molar-refractivity contribution in [1.82, 2.24) is 9.97 Å². The summed E-state index contributed by atoms with van der Waals surface area (Å²) in [6.07, 6.45) is 5.81. The van der Waals surface area contributed by atoms with Crippen LogP contribution in [0.4, 0.5) is 17.3 Å². The summed E-state index contributed by atoms with van der Waals surface area (Å²) in [5.41, 5.74) is 2.14. The molecule has 0 spiro atoms. The Kier molecular flexibility index (Phi) is 6.72. The van der Waals surface area contributed by atoms with Crippen LogP contribution < -0.4 is 9.80 Å². The fourth-order valence-electron chi connectivity index (χ4n) is 4.08. The van der Waals surface area contributed by atoms with Gasteiger partial charge in [0.05, 0.1) is 4.92 Å². The van der Waals surface area contributed by atoms with Crippen LogP contribution in [0.2, 0.25) is 0 Å². The molecule has 3 aromatic rings. The minimum absolute atomic E-state index is 0.00346. The van der Waals surface area contributed by atoms with Gasteiger partial charge in [-0.05, 0) is 24.0 Å². The Morgan fingerprint density at radius 1 is 0.839 bits per heavy atom. The van der Waals surface area contributed by atoms with Crippen LogP contribution in [-0.4, -0.2) is 28.0 Å². The molecule has 0 unspecified atom stereocenters. The summed E-state index contributed by atoms with van der Waals surface area (Å²) >= 11 is 0. The minimum atomic E-state index is -0.321. The van der Waals surface area contributed by atoms with Gasteiger partial charge in [-0.2, -0.15) is 0 Å². The largest absolute Gasteiger partial charge is 0.353 e. The van der Waals surface area contributed by atoms with Crippen LogP contribution in [0.1, 0.15) is 36.8 Å². The minimum Gasteiger partial charge on any atom is -0.351 e. The molecule has 7 nitrogen and oxygen atoms in total. The first-order valence-electron chi connectivity index (χ1n) is 10.8. The Balaban J connectivity index is 1.75. The molecule has 0 bridgehead atoms. The van der Waals surface area contributed by atoms with E-state index in [4.69, 9.17) is 0 Å². The highest BCUT2D eigenvalue weighted by atomic mass is 16.6. The molecule has 7 heteroatoms. The van der Waals surface area contributed by atoms with Crippen LogP contribution in [0.3, 0.4) is 0 Å². The van der Waals surface area contributed by atoms with Crippen LogP contribution in [0.5, 0.6) is 0 Å². The highest BCUT2D eigenvalue weighted by molar-refractivity contribution is 5.71. The summed E-state index contributed by atoms with van der Waals surface area (Å²) < 4.78 is 0. The van der Waals surface area contributed by atoms with Gasteiger partial charge in [-0.1, -0.05) is 73.5 Å². The zero-order valence-electron chi connectivity index (χ0n) is 17.6. The molecule has 0 saturated carbocycles. The molecule has 0 aliphatic carbocycles. The van der Waals surface area contributed by atoms with E-state index >= 15 is 0 Å². The second-order valence-corrected chi connectivity index (χ2v) is 7.86. The molecule has 160 valence electrons. The molecule has 1 aromatic heterocycles. The third-order valence-corrected chi connectivity index (χ3v) is 5.60. The lowest BCUT2D eigenvalue weighted by Gasteiger charge is -2.26. The molecule has 0 radical (unpaired) electrons. The number of hydrogen-bond donors (Lipinski definition) is 0. The highest BCUT2D eigenvalue weighted by Crippen LogP contribution is 2.36. The summed E-state index contributed by atoms with van der Waals surface area (Å²) in [6, 6.07) is 20.0. The normalized spacial score (nSPS) is 14.1. The Labute approximate surface area is 182 Å². The molecule has 1 aliphatic heterocycles. The smallest absolute Gasteiger partial charge is 0.351 e. The Morgan fingerprint density at radius 2 is 1.39 bits per heavy atom. The molecule has 0 atom stereocenters. The number of benzene rings is 2. The second-order valence-electron chi connectivity index (χ2n) is 7.86. The summed E-state index contributed by atoms with van der Waals surface area (Å²) in [5.74, 6) is 0.801. The Morgan fingerprint density at radius 3 is 1.90 bits per heavy atom. The van der Waals surface area contributed by atoms with Gasteiger partial charge >= 0.3 is 5.69 Å². The van der Waals surface area contributed by atoms with Gasteiger partial charge in [-0.25, -0.2) is 9.97 Å². The number of rotatable bonds is 7. The molecule has 1 aliphatic rings. The zero-order valence-corrected chi connectivity index (χ0v) is 17.6. The van der Waals surface area contributed by atoms with Gasteiger partial charge in [0.15, 0.2) is 0 Å². The lowest BCUT2D eigenvalue weighted by atomic mass is 10.1. The third-order valence-electron chi connectivity index (χ3n) is 5.60. The van der Waals surface area contributed by atoms with Gasteiger partial charge in [0, 0.05) is 26.2 Å². The standard InChI is InChI=1S/C24H27N5O2/c30-29(31)22-23(27-15-9-1-2-10-16-27)25-19-26-24(22)28(17-20-11-5-3-6-12-20)18-21-13-7-4-8-14-21/h3-8,11-14,19H,1-2,9-10,15-18H2. The second kappa shape index (κ2) is 10.0. The maximum absolute atomic E-state index is 12.3. The van der Waals surface area contributed by atoms with E-state index in [0.29, 0.717) is 24.7 Å². The van der Waals surface area contributed by atoms with Crippen molar-refractivity contribution in [2.75, 3.05) is 22.9 Å². The molecule has 0 amide bonds. The number of nitrogens with zero attached hydrogens (tertiary/aromatic N) is 5. The molecule has 1 saturated heterocycles. The predicted octanol–water partition coefficient (Wildman–Crippen LogP) is 4.97. The van der Waals surface area contributed by atoms with Crippen molar-refractivity contribution in [2.45, 2.75) is 38.8 Å². The maximum Gasteiger partial charge on any atom is 0.353 e. The predicted molar refractivity (Wildman–Crippen MR) is 122 cm³/mol. The van der Waals surface area contributed by atoms with Crippen LogP contribution in [0.15, 0.2) is 67.0 Å². The van der Waals surface area contributed by atoms with Crippen molar-refractivity contribution < 1.29 is 4.92 Å². The van der Waals surface area contributed by atoms with Gasteiger partial charge in [-0.15, -0.1) is 0 Å². The van der Waals surface area contributed by atoms with Crippen molar-refractivity contribution in [3.05, 3.63) is 88.2 Å². The first kappa shape index (κ1) is 20.8. The quantitative estimate of drug-likeness (QED) is 0.399. The van der Waals surface area contributed by atoms with E-state index < -0.39 is 0 Å². The van der Waals surface area contributed by atoms with Crippen LogP contribution in [0, 0.1) is 10.1 Å². The Bertz CT molecular complexity index is 948. The molecule has 31 heavy (non-hydrogen) atoms. The lowest BCUT2D eigenvalue weighted by Crippen LogP contribution is -2.29. The van der Waals surface area contributed by atoms with Gasteiger partial charge in [-0.3, -0.25) is 10.1 Å². The molecule has 4 rings (SSSR count). The van der Waals surface area contributed by atoms with E-state index in [2.05, 4.69) is 14.9 Å². The van der Waals surface area contributed by atoms with Gasteiger partial charge < -0.3 is 9.80 Å². The van der Waals surface area contributed by atoms with E-state index in [1.165, 1.54) is 6.33 Å². The number of nitro groups is 1. The van der Waals surface area contributed by atoms with Crippen molar-refractivity contribution >= 4 is 17.3 Å². The maximum atomic E-state index is 12.3. The van der Waals surface area contributed by atoms with E-state index in [1.54, 1.807) is 0 Å². The van der Waals surface area contributed by atoms with E-state index in [9.17, 15) is 10.1 Å². The SMILES string of the molecule is O=[N+]([O-])c1c(N2CCCCCC2)ncnc1N(Cc1ccccc1)Cc1ccccc1. The number of hydrogen-bond acceptors (Lipinski definition) is 6. The molecular formula is C24H27N5O2. The molecule has 2 aromatic carbocycles. The molecular weight excluding hydrogens is 390 g/mol. The van der Waals surface area contributed by atoms with Crippen molar-refractivity contribution in [3.63, 3.8) is 0 Å². The van der Waals surface area contributed by atoms with E-state index in [-0.39, 0.29) is 10.6 Å². The number of aromatic nitrogens is 2. The third kappa shape index (κ3) is 5.17. The molecule has 1 fully saturated rings. The average Bonchev–Trinajstić information content (AvgIpc) is 3.09. The summed E-state index contributed by atoms with van der Waals surface area (Å²) in [5, 5.41) is 12.3. The fraction of sp³-hybridized carbons (Fsp3) is 0.333.